The molecule has 2 aromatic carbocycles. The van der Waals surface area contributed by atoms with Crippen molar-refractivity contribution in [2.24, 2.45) is 0 Å². The molecule has 5 rings (SSSR count). The molecule has 0 spiro atoms. The van der Waals surface area contributed by atoms with E-state index in [9.17, 15) is 5.11 Å². The molecule has 0 amide bonds. The lowest BCUT2D eigenvalue weighted by atomic mass is 9.99. The Kier molecular flexibility index (Phi) is 5.34. The Labute approximate surface area is 185 Å². The van der Waals surface area contributed by atoms with Gasteiger partial charge in [-0.05, 0) is 54.4 Å². The minimum Gasteiger partial charge on any atom is -0.374 e. The average Bonchev–Trinajstić information content (AvgIpc) is 3.25. The number of aryl methyl sites for hydroxylation is 1. The van der Waals surface area contributed by atoms with Gasteiger partial charge in [-0.3, -0.25) is 10.3 Å². The fraction of sp³-hybridized carbons (Fsp3) is 0.200. The Balaban J connectivity index is 1.51. The van der Waals surface area contributed by atoms with Gasteiger partial charge in [0.05, 0.1) is 23.6 Å². The van der Waals surface area contributed by atoms with Crippen LogP contribution in [0.15, 0.2) is 67.1 Å². The lowest BCUT2D eigenvalue weighted by Gasteiger charge is -2.15. The van der Waals surface area contributed by atoms with Gasteiger partial charge in [0.25, 0.3) is 5.78 Å². The van der Waals surface area contributed by atoms with Gasteiger partial charge in [-0.2, -0.15) is 5.10 Å². The third-order valence-electron chi connectivity index (χ3n) is 5.74. The fourth-order valence-corrected chi connectivity index (χ4v) is 4.01. The zero-order valence-electron chi connectivity index (χ0n) is 18.0. The van der Waals surface area contributed by atoms with Crippen LogP contribution in [0.5, 0.6) is 0 Å². The van der Waals surface area contributed by atoms with Crippen molar-refractivity contribution in [2.75, 3.05) is 7.05 Å². The Bertz CT molecular complexity index is 1410. The summed E-state index contributed by atoms with van der Waals surface area (Å²) >= 11 is 0. The van der Waals surface area contributed by atoms with Crippen molar-refractivity contribution in [3.63, 3.8) is 0 Å². The largest absolute Gasteiger partial charge is 0.374 e. The number of aliphatic hydroxyl groups is 1. The van der Waals surface area contributed by atoms with E-state index in [1.54, 1.807) is 19.4 Å². The molecule has 1 atom stereocenters. The summed E-state index contributed by atoms with van der Waals surface area (Å²) in [5, 5.41) is 19.0. The van der Waals surface area contributed by atoms with Gasteiger partial charge in [-0.15, -0.1) is 0 Å². The predicted octanol–water partition coefficient (Wildman–Crippen LogP) is 3.70. The number of hydrogen-bond acceptors (Lipinski definition) is 6. The lowest BCUT2D eigenvalue weighted by Crippen LogP contribution is -2.17. The first-order valence-electron chi connectivity index (χ1n) is 10.7. The van der Waals surface area contributed by atoms with E-state index in [1.807, 2.05) is 35.0 Å². The van der Waals surface area contributed by atoms with E-state index in [2.05, 4.69) is 51.5 Å². The summed E-state index contributed by atoms with van der Waals surface area (Å²) in [5.41, 5.74) is 6.78. The number of aliphatic hydroxyl groups excluding tert-OH is 1. The van der Waals surface area contributed by atoms with E-state index < -0.39 is 6.23 Å². The molecule has 0 bridgehead atoms. The van der Waals surface area contributed by atoms with Crippen LogP contribution in [0.2, 0.25) is 0 Å². The zero-order chi connectivity index (χ0) is 22.1. The van der Waals surface area contributed by atoms with Crippen LogP contribution in [0.25, 0.3) is 27.9 Å². The van der Waals surface area contributed by atoms with Crippen molar-refractivity contribution < 1.29 is 5.11 Å². The molecular weight excluding hydrogens is 400 g/mol. The third kappa shape index (κ3) is 3.72. The van der Waals surface area contributed by atoms with Gasteiger partial charge in [0, 0.05) is 23.6 Å². The first kappa shape index (κ1) is 20.2. The highest BCUT2D eigenvalue weighted by Crippen LogP contribution is 2.25. The van der Waals surface area contributed by atoms with Crippen molar-refractivity contribution in [3.05, 3.63) is 89.5 Å². The number of fused-ring (bicyclic) bond motifs is 2. The van der Waals surface area contributed by atoms with Crippen LogP contribution in [0.1, 0.15) is 35.5 Å². The number of imidazole rings is 1. The second-order valence-corrected chi connectivity index (χ2v) is 7.77. The van der Waals surface area contributed by atoms with Gasteiger partial charge in [0.15, 0.2) is 0 Å². The van der Waals surface area contributed by atoms with Crippen molar-refractivity contribution in [3.8, 4) is 11.3 Å². The molecule has 5 aromatic rings. The summed E-state index contributed by atoms with van der Waals surface area (Å²) in [6.07, 6.45) is 6.19. The molecule has 0 aliphatic heterocycles. The number of nitrogens with zero attached hydrogens (tertiary/aromatic N) is 5. The molecule has 0 aliphatic rings. The summed E-state index contributed by atoms with van der Waals surface area (Å²) < 4.78 is 1.81. The summed E-state index contributed by atoms with van der Waals surface area (Å²) in [6.45, 7) is 2.08. The maximum absolute atomic E-state index is 10.2. The number of benzene rings is 2. The van der Waals surface area contributed by atoms with Gasteiger partial charge >= 0.3 is 0 Å². The molecule has 0 saturated heterocycles. The summed E-state index contributed by atoms with van der Waals surface area (Å²) in [6, 6.07) is 16.3. The van der Waals surface area contributed by atoms with E-state index in [-0.39, 0.29) is 0 Å². The molecule has 32 heavy (non-hydrogen) atoms. The molecule has 0 saturated carbocycles. The van der Waals surface area contributed by atoms with Gasteiger partial charge < -0.3 is 5.11 Å². The van der Waals surface area contributed by atoms with Gasteiger partial charge in [0.1, 0.15) is 11.9 Å². The van der Waals surface area contributed by atoms with E-state index in [0.29, 0.717) is 12.2 Å². The van der Waals surface area contributed by atoms with E-state index >= 15 is 0 Å². The molecule has 0 fully saturated rings. The molecule has 0 radical (unpaired) electrons. The zero-order valence-corrected chi connectivity index (χ0v) is 18.0. The van der Waals surface area contributed by atoms with Crippen molar-refractivity contribution in [1.29, 1.82) is 0 Å². The molecule has 7 heteroatoms. The van der Waals surface area contributed by atoms with Crippen LogP contribution in [-0.2, 0) is 12.8 Å². The maximum atomic E-state index is 10.2. The number of nitrogens with one attached hydrogen (secondary N) is 1. The van der Waals surface area contributed by atoms with Gasteiger partial charge in [0.2, 0.25) is 0 Å². The number of aromatic nitrogens is 5. The second-order valence-electron chi connectivity index (χ2n) is 7.77. The summed E-state index contributed by atoms with van der Waals surface area (Å²) in [4.78, 5) is 13.3. The van der Waals surface area contributed by atoms with Crippen molar-refractivity contribution in [1.82, 2.24) is 29.9 Å². The molecule has 160 valence electrons. The Morgan fingerprint density at radius 1 is 1.03 bits per heavy atom. The number of pyridine rings is 1. The van der Waals surface area contributed by atoms with Gasteiger partial charge in [-0.25, -0.2) is 14.5 Å². The number of hydrogen-bond donors (Lipinski definition) is 2. The lowest BCUT2D eigenvalue weighted by molar-refractivity contribution is 0.148. The SMILES string of the molecule is CCc1cc(-c2cnc3ncc(Cc4ccc5ncccc5c4)n3n2)ccc1[C@H](O)NC. The molecule has 3 heterocycles. The highest BCUT2D eigenvalue weighted by Gasteiger charge is 2.13. The Morgan fingerprint density at radius 2 is 1.91 bits per heavy atom. The van der Waals surface area contributed by atoms with Crippen LogP contribution in [0.3, 0.4) is 0 Å². The van der Waals surface area contributed by atoms with Crippen LogP contribution in [0, 0.1) is 0 Å². The van der Waals surface area contributed by atoms with Crippen LogP contribution < -0.4 is 5.32 Å². The molecular formula is C25H24N6O. The Morgan fingerprint density at radius 3 is 2.75 bits per heavy atom. The molecule has 2 N–H and O–H groups in total. The monoisotopic (exact) mass is 424 g/mol. The highest BCUT2D eigenvalue weighted by molar-refractivity contribution is 5.79. The average molecular weight is 425 g/mol. The Hall–Kier alpha value is -3.68. The molecule has 7 nitrogen and oxygen atoms in total. The van der Waals surface area contributed by atoms with E-state index in [0.717, 1.165) is 51.0 Å². The smallest absolute Gasteiger partial charge is 0.250 e. The van der Waals surface area contributed by atoms with Crippen molar-refractivity contribution in [2.45, 2.75) is 26.0 Å². The van der Waals surface area contributed by atoms with E-state index in [4.69, 9.17) is 5.10 Å². The predicted molar refractivity (Wildman–Crippen MR) is 124 cm³/mol. The third-order valence-corrected chi connectivity index (χ3v) is 5.74. The molecule has 3 aromatic heterocycles. The number of rotatable bonds is 6. The topological polar surface area (TPSA) is 88.2 Å². The van der Waals surface area contributed by atoms with Gasteiger partial charge in [-0.1, -0.05) is 31.2 Å². The summed E-state index contributed by atoms with van der Waals surface area (Å²) in [7, 11) is 1.74. The molecule has 0 aliphatic carbocycles. The first-order chi connectivity index (χ1) is 15.7. The highest BCUT2D eigenvalue weighted by atomic mass is 16.3. The molecule has 0 unspecified atom stereocenters. The first-order valence-corrected chi connectivity index (χ1v) is 10.7. The summed E-state index contributed by atoms with van der Waals surface area (Å²) in [5.74, 6) is 0.573. The second kappa shape index (κ2) is 8.45. The maximum Gasteiger partial charge on any atom is 0.250 e. The quantitative estimate of drug-likeness (QED) is 0.404. The van der Waals surface area contributed by atoms with Crippen molar-refractivity contribution >= 4 is 16.7 Å². The van der Waals surface area contributed by atoms with E-state index in [1.165, 1.54) is 0 Å². The van der Waals surface area contributed by atoms with Crippen LogP contribution >= 0.6 is 0 Å². The minimum absolute atomic E-state index is 0.573. The normalized spacial score (nSPS) is 12.5. The minimum atomic E-state index is -0.690. The fourth-order valence-electron chi connectivity index (χ4n) is 4.01. The standard InChI is InChI=1S/C25H24N6O/c1-3-17-13-19(7-8-21(17)24(32)26-2)23-15-29-25-28-14-20(31(25)30-23)12-16-6-9-22-18(11-16)5-4-10-27-22/h4-11,13-15,24,26,32H,3,12H2,1-2H3/t24-/m0/s1. The van der Waals surface area contributed by atoms with Crippen LogP contribution in [-0.4, -0.2) is 36.7 Å². The van der Waals surface area contributed by atoms with Crippen LogP contribution in [0.4, 0.5) is 0 Å².